The summed E-state index contributed by atoms with van der Waals surface area (Å²) in [6, 6.07) is 15.6. The Morgan fingerprint density at radius 3 is 2.29 bits per heavy atom. The number of carbonyl (C=O) groups is 1. The summed E-state index contributed by atoms with van der Waals surface area (Å²) in [6.45, 7) is 2.06. The van der Waals surface area contributed by atoms with Gasteiger partial charge in [-0.05, 0) is 61.7 Å². The van der Waals surface area contributed by atoms with Crippen LogP contribution in [0.4, 0.5) is 5.69 Å². The molecule has 0 aromatic heterocycles. The Morgan fingerprint density at radius 2 is 1.68 bits per heavy atom. The maximum atomic E-state index is 13.6. The molecule has 1 fully saturated rings. The lowest BCUT2D eigenvalue weighted by Crippen LogP contribution is -2.51. The van der Waals surface area contributed by atoms with Crippen LogP contribution in [0.25, 0.3) is 0 Å². The van der Waals surface area contributed by atoms with Crippen LogP contribution in [0.5, 0.6) is 11.5 Å². The van der Waals surface area contributed by atoms with Gasteiger partial charge in [-0.25, -0.2) is 0 Å². The Labute approximate surface area is 167 Å². The minimum Gasteiger partial charge on any atom is -0.497 e. The molecule has 0 heterocycles. The first kappa shape index (κ1) is 20.1. The van der Waals surface area contributed by atoms with E-state index < -0.39 is 5.54 Å². The molecule has 0 radical (unpaired) electrons. The number of carbonyl (C=O) groups excluding carboxylic acids is 1. The summed E-state index contributed by atoms with van der Waals surface area (Å²) in [5, 5.41) is 3.54. The average Bonchev–Trinajstić information content (AvgIpc) is 3.22. The van der Waals surface area contributed by atoms with Crippen molar-refractivity contribution in [2.75, 3.05) is 26.6 Å². The number of anilines is 1. The van der Waals surface area contributed by atoms with E-state index in [-0.39, 0.29) is 11.9 Å². The number of benzene rings is 2. The van der Waals surface area contributed by atoms with Crippen LogP contribution in [0.1, 0.15) is 44.2 Å². The first-order chi connectivity index (χ1) is 13.5. The summed E-state index contributed by atoms with van der Waals surface area (Å²) in [4.78, 5) is 15.4. The molecule has 1 aliphatic rings. The van der Waals surface area contributed by atoms with Gasteiger partial charge in [0.25, 0.3) is 0 Å². The number of likely N-dealkylation sites (N-methyl/N-ethyl adjacent to an activating group) is 1. The number of methoxy groups -OCH3 is 2. The van der Waals surface area contributed by atoms with E-state index in [1.54, 1.807) is 14.2 Å². The SMILES string of the molecule is COc1ccc(NC2(C(=O)N(C)[C@@H](C)c3cccc(OC)c3)CCCC2)cc1. The number of hydrogen-bond acceptors (Lipinski definition) is 4. The first-order valence-electron chi connectivity index (χ1n) is 9.82. The molecule has 28 heavy (non-hydrogen) atoms. The van der Waals surface area contributed by atoms with Crippen LogP contribution >= 0.6 is 0 Å². The molecule has 2 aromatic rings. The molecule has 150 valence electrons. The maximum absolute atomic E-state index is 13.6. The summed E-state index contributed by atoms with van der Waals surface area (Å²) in [6.07, 6.45) is 3.78. The maximum Gasteiger partial charge on any atom is 0.248 e. The van der Waals surface area contributed by atoms with Crippen LogP contribution in [-0.4, -0.2) is 37.6 Å². The first-order valence-corrected chi connectivity index (χ1v) is 9.82. The molecule has 0 saturated heterocycles. The van der Waals surface area contributed by atoms with Gasteiger partial charge in [-0.15, -0.1) is 0 Å². The molecule has 2 aromatic carbocycles. The third-order valence-corrected chi connectivity index (χ3v) is 5.82. The third-order valence-electron chi connectivity index (χ3n) is 5.82. The minimum absolute atomic E-state index is 0.0438. The highest BCUT2D eigenvalue weighted by atomic mass is 16.5. The largest absolute Gasteiger partial charge is 0.497 e. The van der Waals surface area contributed by atoms with Crippen LogP contribution in [0.2, 0.25) is 0 Å². The van der Waals surface area contributed by atoms with E-state index in [4.69, 9.17) is 9.47 Å². The van der Waals surface area contributed by atoms with Gasteiger partial charge in [0.2, 0.25) is 5.91 Å². The van der Waals surface area contributed by atoms with E-state index >= 15 is 0 Å². The lowest BCUT2D eigenvalue weighted by Gasteiger charge is -2.37. The van der Waals surface area contributed by atoms with Crippen molar-refractivity contribution < 1.29 is 14.3 Å². The van der Waals surface area contributed by atoms with Gasteiger partial charge in [-0.3, -0.25) is 4.79 Å². The fourth-order valence-corrected chi connectivity index (χ4v) is 3.96. The van der Waals surface area contributed by atoms with E-state index in [0.717, 1.165) is 48.4 Å². The summed E-state index contributed by atoms with van der Waals surface area (Å²) in [5.41, 5.74) is 1.45. The van der Waals surface area contributed by atoms with Crippen molar-refractivity contribution in [3.63, 3.8) is 0 Å². The molecule has 1 saturated carbocycles. The molecule has 3 rings (SSSR count). The van der Waals surface area contributed by atoms with E-state index in [1.165, 1.54) is 0 Å². The number of rotatable bonds is 7. The molecule has 0 unspecified atom stereocenters. The summed E-state index contributed by atoms with van der Waals surface area (Å²) in [5.74, 6) is 1.74. The molecular weight excluding hydrogens is 352 g/mol. The van der Waals surface area contributed by atoms with Crippen molar-refractivity contribution in [2.45, 2.75) is 44.2 Å². The average molecular weight is 383 g/mol. The van der Waals surface area contributed by atoms with E-state index in [9.17, 15) is 4.79 Å². The Kier molecular flexibility index (Phi) is 6.12. The Bertz CT molecular complexity index is 798. The standard InChI is InChI=1S/C23H30N2O3/c1-17(18-8-7-9-21(16-18)28-4)25(2)22(26)23(14-5-6-15-23)24-19-10-12-20(27-3)13-11-19/h7-13,16-17,24H,5-6,14-15H2,1-4H3/t17-/m0/s1. The number of amides is 1. The highest BCUT2D eigenvalue weighted by Gasteiger charge is 2.43. The van der Waals surface area contributed by atoms with E-state index in [2.05, 4.69) is 12.2 Å². The zero-order valence-electron chi connectivity index (χ0n) is 17.2. The molecule has 1 amide bonds. The van der Waals surface area contributed by atoms with Crippen LogP contribution in [0.15, 0.2) is 48.5 Å². The molecule has 5 heteroatoms. The predicted molar refractivity (Wildman–Crippen MR) is 112 cm³/mol. The fraction of sp³-hybridized carbons (Fsp3) is 0.435. The second-order valence-electron chi connectivity index (χ2n) is 7.51. The van der Waals surface area contributed by atoms with Gasteiger partial charge < -0.3 is 19.7 Å². The second-order valence-corrected chi connectivity index (χ2v) is 7.51. The molecule has 1 N–H and O–H groups in total. The van der Waals surface area contributed by atoms with Gasteiger partial charge in [-0.2, -0.15) is 0 Å². The van der Waals surface area contributed by atoms with Crippen LogP contribution in [0, 0.1) is 0 Å². The zero-order valence-corrected chi connectivity index (χ0v) is 17.2. The van der Waals surface area contributed by atoms with Gasteiger partial charge in [0.05, 0.1) is 20.3 Å². The zero-order chi connectivity index (χ0) is 20.1. The predicted octanol–water partition coefficient (Wildman–Crippen LogP) is 4.65. The molecule has 5 nitrogen and oxygen atoms in total. The van der Waals surface area contributed by atoms with E-state index in [1.807, 2.05) is 60.5 Å². The van der Waals surface area contributed by atoms with Gasteiger partial charge in [0.15, 0.2) is 0 Å². The second kappa shape index (κ2) is 8.55. The van der Waals surface area contributed by atoms with Crippen molar-refractivity contribution in [1.29, 1.82) is 0 Å². The molecule has 1 atom stereocenters. The normalized spacial score (nSPS) is 16.3. The smallest absolute Gasteiger partial charge is 0.248 e. The van der Waals surface area contributed by atoms with Crippen molar-refractivity contribution in [3.05, 3.63) is 54.1 Å². The molecule has 1 aliphatic carbocycles. The Balaban J connectivity index is 1.80. The number of hydrogen-bond donors (Lipinski definition) is 1. The van der Waals surface area contributed by atoms with E-state index in [0.29, 0.717) is 0 Å². The van der Waals surface area contributed by atoms with Crippen LogP contribution in [0.3, 0.4) is 0 Å². The van der Waals surface area contributed by atoms with Crippen LogP contribution < -0.4 is 14.8 Å². The Hall–Kier alpha value is -2.69. The fourth-order valence-electron chi connectivity index (χ4n) is 3.96. The van der Waals surface area contributed by atoms with Gasteiger partial charge in [0, 0.05) is 12.7 Å². The lowest BCUT2D eigenvalue weighted by molar-refractivity contribution is -0.136. The van der Waals surface area contributed by atoms with Crippen molar-refractivity contribution in [2.24, 2.45) is 0 Å². The number of nitrogens with zero attached hydrogens (tertiary/aromatic N) is 1. The molecule has 0 bridgehead atoms. The number of ether oxygens (including phenoxy) is 2. The number of nitrogens with one attached hydrogen (secondary N) is 1. The van der Waals surface area contributed by atoms with Gasteiger partial charge in [-0.1, -0.05) is 25.0 Å². The minimum atomic E-state index is -0.559. The summed E-state index contributed by atoms with van der Waals surface area (Å²) >= 11 is 0. The summed E-state index contributed by atoms with van der Waals surface area (Å²) < 4.78 is 10.6. The molecule has 0 aliphatic heterocycles. The van der Waals surface area contributed by atoms with Crippen molar-refractivity contribution in [3.8, 4) is 11.5 Å². The monoisotopic (exact) mass is 382 g/mol. The summed E-state index contributed by atoms with van der Waals surface area (Å²) in [7, 11) is 5.20. The topological polar surface area (TPSA) is 50.8 Å². The molecule has 0 spiro atoms. The van der Waals surface area contributed by atoms with Crippen LogP contribution in [-0.2, 0) is 4.79 Å². The van der Waals surface area contributed by atoms with Crippen molar-refractivity contribution >= 4 is 11.6 Å². The lowest BCUT2D eigenvalue weighted by atomic mass is 9.93. The highest BCUT2D eigenvalue weighted by Crippen LogP contribution is 2.37. The molecular formula is C23H30N2O3. The Morgan fingerprint density at radius 1 is 1.04 bits per heavy atom. The van der Waals surface area contributed by atoms with Gasteiger partial charge >= 0.3 is 0 Å². The highest BCUT2D eigenvalue weighted by molar-refractivity contribution is 5.90. The van der Waals surface area contributed by atoms with Gasteiger partial charge in [0.1, 0.15) is 17.0 Å². The quantitative estimate of drug-likeness (QED) is 0.757. The third kappa shape index (κ3) is 4.08. The van der Waals surface area contributed by atoms with Crippen molar-refractivity contribution in [1.82, 2.24) is 4.90 Å².